The third-order valence-corrected chi connectivity index (χ3v) is 3.73. The summed E-state index contributed by atoms with van der Waals surface area (Å²) in [4.78, 5) is 1.16. The van der Waals surface area contributed by atoms with Crippen molar-refractivity contribution in [2.45, 2.75) is 9.92 Å². The molecule has 1 heterocycles. The minimum Gasteiger partial charge on any atom is -0.291 e. The second-order valence-corrected chi connectivity index (χ2v) is 5.27. The zero-order valence-electron chi connectivity index (χ0n) is 10.6. The Hall–Kier alpha value is -2.24. The molecular weight excluding hydrogens is 270 g/mol. The molecule has 0 bridgehead atoms. The number of nitrogens with zero attached hydrogens (tertiary/aromatic N) is 2. The summed E-state index contributed by atoms with van der Waals surface area (Å²) < 4.78 is 1.81. The lowest BCUT2D eigenvalue weighted by Gasteiger charge is -2.03. The highest BCUT2D eigenvalue weighted by Crippen LogP contribution is 2.26. The Bertz CT molecular complexity index is 680. The Morgan fingerprint density at radius 1 is 0.950 bits per heavy atom. The van der Waals surface area contributed by atoms with Gasteiger partial charge in [-0.2, -0.15) is 5.10 Å². The predicted octanol–water partition coefficient (Wildman–Crippen LogP) is 3.82. The van der Waals surface area contributed by atoms with E-state index < -0.39 is 0 Å². The van der Waals surface area contributed by atoms with Gasteiger partial charge >= 0.3 is 0 Å². The Labute approximate surface area is 121 Å². The summed E-state index contributed by atoms with van der Waals surface area (Å²) in [7, 11) is 0. The topological polar surface area (TPSA) is 50.1 Å². The quantitative estimate of drug-likeness (QED) is 0.715. The molecule has 2 aromatic carbocycles. The number of hydrogen-bond donors (Lipinski definition) is 2. The number of rotatable bonds is 4. The van der Waals surface area contributed by atoms with E-state index in [2.05, 4.69) is 22.7 Å². The van der Waals surface area contributed by atoms with Crippen molar-refractivity contribution in [2.24, 2.45) is 0 Å². The average molecular weight is 283 g/mol. The molecule has 20 heavy (non-hydrogen) atoms. The molecule has 0 saturated carbocycles. The molecular formula is C15H13N3OS. The summed E-state index contributed by atoms with van der Waals surface area (Å²) in [6.07, 6.45) is 1.92. The Morgan fingerprint density at radius 2 is 1.70 bits per heavy atom. The van der Waals surface area contributed by atoms with Crippen LogP contribution in [0.4, 0.5) is 5.69 Å². The summed E-state index contributed by atoms with van der Waals surface area (Å²) in [5, 5.41) is 14.3. The monoisotopic (exact) mass is 283 g/mol. The van der Waals surface area contributed by atoms with Gasteiger partial charge in [-0.3, -0.25) is 10.7 Å². The van der Waals surface area contributed by atoms with Crippen molar-refractivity contribution >= 4 is 17.4 Å². The summed E-state index contributed by atoms with van der Waals surface area (Å²) in [5.74, 6) is 0. The maximum absolute atomic E-state index is 8.79. The molecule has 1 aromatic heterocycles. The Morgan fingerprint density at radius 3 is 2.40 bits per heavy atom. The molecule has 5 heteroatoms. The van der Waals surface area contributed by atoms with Crippen LogP contribution in [0.15, 0.2) is 76.8 Å². The zero-order valence-corrected chi connectivity index (χ0v) is 11.4. The molecule has 0 unspecified atom stereocenters. The van der Waals surface area contributed by atoms with Gasteiger partial charge in [0.2, 0.25) is 0 Å². The summed E-state index contributed by atoms with van der Waals surface area (Å²) >= 11 is 1.63. The molecule has 4 nitrogen and oxygen atoms in total. The molecule has 0 aliphatic heterocycles. The Kier molecular flexibility index (Phi) is 3.71. The largest absolute Gasteiger partial charge is 0.291 e. The van der Waals surface area contributed by atoms with Crippen molar-refractivity contribution in [1.82, 2.24) is 9.78 Å². The SMILES string of the molecule is ONc1ccc(-n2ccc(Sc3ccccc3)n2)cc1. The maximum Gasteiger partial charge on any atom is 0.123 e. The standard InChI is InChI=1S/C15H13N3OS/c19-17-12-6-8-13(9-7-12)18-11-10-15(16-18)20-14-4-2-1-3-5-14/h1-11,17,19H. The first-order valence-corrected chi connectivity index (χ1v) is 6.96. The average Bonchev–Trinajstić information content (AvgIpc) is 2.97. The van der Waals surface area contributed by atoms with Crippen LogP contribution in [0, 0.1) is 0 Å². The highest BCUT2D eigenvalue weighted by Gasteiger charge is 2.03. The van der Waals surface area contributed by atoms with Crippen molar-refractivity contribution in [1.29, 1.82) is 0 Å². The van der Waals surface area contributed by atoms with E-state index in [1.807, 2.05) is 47.3 Å². The summed E-state index contributed by atoms with van der Waals surface area (Å²) in [5.41, 5.74) is 3.71. The zero-order chi connectivity index (χ0) is 13.8. The van der Waals surface area contributed by atoms with E-state index in [1.165, 1.54) is 0 Å². The maximum atomic E-state index is 8.79. The van der Waals surface area contributed by atoms with Crippen molar-refractivity contribution in [2.75, 3.05) is 5.48 Å². The number of hydrogen-bond acceptors (Lipinski definition) is 4. The number of benzene rings is 2. The Balaban J connectivity index is 1.79. The van der Waals surface area contributed by atoms with Crippen LogP contribution in [0.25, 0.3) is 5.69 Å². The molecule has 3 aromatic rings. The van der Waals surface area contributed by atoms with Gasteiger partial charge in [0.05, 0.1) is 11.4 Å². The highest BCUT2D eigenvalue weighted by molar-refractivity contribution is 7.99. The minimum absolute atomic E-state index is 0.653. The molecule has 0 saturated heterocycles. The number of nitrogens with one attached hydrogen (secondary N) is 1. The molecule has 100 valence electrons. The van der Waals surface area contributed by atoms with Gasteiger partial charge < -0.3 is 0 Å². The van der Waals surface area contributed by atoms with Crippen molar-refractivity contribution in [3.63, 3.8) is 0 Å². The summed E-state index contributed by atoms with van der Waals surface area (Å²) in [6, 6.07) is 19.5. The van der Waals surface area contributed by atoms with E-state index in [9.17, 15) is 0 Å². The smallest absolute Gasteiger partial charge is 0.123 e. The van der Waals surface area contributed by atoms with E-state index in [0.29, 0.717) is 5.69 Å². The van der Waals surface area contributed by atoms with Crippen LogP contribution in [-0.4, -0.2) is 15.0 Å². The lowest BCUT2D eigenvalue weighted by atomic mass is 10.3. The molecule has 0 atom stereocenters. The van der Waals surface area contributed by atoms with Gasteiger partial charge in [0.15, 0.2) is 0 Å². The van der Waals surface area contributed by atoms with Gasteiger partial charge in [-0.15, -0.1) is 0 Å². The fourth-order valence-electron chi connectivity index (χ4n) is 1.80. The van der Waals surface area contributed by atoms with Gasteiger partial charge in [-0.1, -0.05) is 30.0 Å². The van der Waals surface area contributed by atoms with Crippen LogP contribution >= 0.6 is 11.8 Å². The van der Waals surface area contributed by atoms with E-state index in [0.717, 1.165) is 15.6 Å². The van der Waals surface area contributed by atoms with Crippen LogP contribution < -0.4 is 5.48 Å². The van der Waals surface area contributed by atoms with E-state index in [4.69, 9.17) is 5.21 Å². The van der Waals surface area contributed by atoms with Gasteiger partial charge in [-0.25, -0.2) is 4.68 Å². The third kappa shape index (κ3) is 2.84. The molecule has 0 fully saturated rings. The van der Waals surface area contributed by atoms with Crippen LogP contribution in [-0.2, 0) is 0 Å². The number of aromatic nitrogens is 2. The molecule has 0 radical (unpaired) electrons. The van der Waals surface area contributed by atoms with Crippen LogP contribution in [0.3, 0.4) is 0 Å². The minimum atomic E-state index is 0.653. The van der Waals surface area contributed by atoms with E-state index in [1.54, 1.807) is 23.9 Å². The van der Waals surface area contributed by atoms with Crippen molar-refractivity contribution < 1.29 is 5.21 Å². The molecule has 3 rings (SSSR count). The normalized spacial score (nSPS) is 10.4. The number of anilines is 1. The summed E-state index contributed by atoms with van der Waals surface area (Å²) in [6.45, 7) is 0. The van der Waals surface area contributed by atoms with E-state index in [-0.39, 0.29) is 0 Å². The van der Waals surface area contributed by atoms with Crippen LogP contribution in [0.5, 0.6) is 0 Å². The first-order chi connectivity index (χ1) is 9.85. The van der Waals surface area contributed by atoms with Gasteiger partial charge in [-0.05, 0) is 42.5 Å². The fraction of sp³-hybridized carbons (Fsp3) is 0. The molecule has 0 aliphatic carbocycles. The third-order valence-electron chi connectivity index (χ3n) is 2.79. The van der Waals surface area contributed by atoms with Gasteiger partial charge in [0.1, 0.15) is 5.03 Å². The van der Waals surface area contributed by atoms with Gasteiger partial charge in [0.25, 0.3) is 0 Å². The van der Waals surface area contributed by atoms with Crippen molar-refractivity contribution in [3.05, 3.63) is 66.9 Å². The van der Waals surface area contributed by atoms with E-state index >= 15 is 0 Å². The van der Waals surface area contributed by atoms with Crippen LogP contribution in [0.2, 0.25) is 0 Å². The van der Waals surface area contributed by atoms with Crippen LogP contribution in [0.1, 0.15) is 0 Å². The highest BCUT2D eigenvalue weighted by atomic mass is 32.2. The molecule has 0 aliphatic rings. The fourth-order valence-corrected chi connectivity index (χ4v) is 2.60. The second-order valence-electron chi connectivity index (χ2n) is 4.17. The first kappa shape index (κ1) is 12.8. The second kappa shape index (κ2) is 5.81. The first-order valence-electron chi connectivity index (χ1n) is 6.14. The molecule has 2 N–H and O–H groups in total. The lowest BCUT2D eigenvalue weighted by molar-refractivity contribution is 0.389. The molecule has 0 amide bonds. The van der Waals surface area contributed by atoms with Crippen molar-refractivity contribution in [3.8, 4) is 5.69 Å². The molecule has 0 spiro atoms. The predicted molar refractivity (Wildman–Crippen MR) is 79.5 cm³/mol. The van der Waals surface area contributed by atoms with Gasteiger partial charge in [0, 0.05) is 11.1 Å². The lowest BCUT2D eigenvalue weighted by Crippen LogP contribution is -1.95.